The zero-order valence-electron chi connectivity index (χ0n) is 18.5. The summed E-state index contributed by atoms with van der Waals surface area (Å²) < 4.78 is 0. The molecule has 5 nitrogen and oxygen atoms in total. The Morgan fingerprint density at radius 2 is 1.81 bits per heavy atom. The third-order valence-electron chi connectivity index (χ3n) is 7.62. The third kappa shape index (κ3) is 4.31. The number of hydrogen-bond donors (Lipinski definition) is 1. The molecular formula is C25H32ClN5. The molecule has 0 unspecified atom stereocenters. The summed E-state index contributed by atoms with van der Waals surface area (Å²) in [7, 11) is 4.43. The fraction of sp³-hybridized carbons (Fsp3) is 0.520. The van der Waals surface area contributed by atoms with Crippen LogP contribution in [0.25, 0.3) is 22.2 Å². The van der Waals surface area contributed by atoms with Crippen molar-refractivity contribution in [3.63, 3.8) is 0 Å². The lowest BCUT2D eigenvalue weighted by atomic mass is 9.74. The lowest BCUT2D eigenvalue weighted by molar-refractivity contribution is 0.139. The Hall–Kier alpha value is -2.11. The van der Waals surface area contributed by atoms with Gasteiger partial charge in [0.25, 0.3) is 0 Å². The maximum Gasteiger partial charge on any atom is 0.137 e. The van der Waals surface area contributed by atoms with Gasteiger partial charge in [-0.3, -0.25) is 0 Å². The van der Waals surface area contributed by atoms with Gasteiger partial charge in [0.1, 0.15) is 16.6 Å². The summed E-state index contributed by atoms with van der Waals surface area (Å²) in [6.45, 7) is 2.53. The second kappa shape index (κ2) is 8.79. The Bertz CT molecular complexity index is 1030. The molecule has 2 fully saturated rings. The molecular weight excluding hydrogens is 406 g/mol. The van der Waals surface area contributed by atoms with Gasteiger partial charge in [-0.2, -0.15) is 0 Å². The zero-order valence-corrected chi connectivity index (χ0v) is 19.3. The molecule has 1 aliphatic heterocycles. The van der Waals surface area contributed by atoms with E-state index >= 15 is 0 Å². The summed E-state index contributed by atoms with van der Waals surface area (Å²) in [5, 5.41) is 1.65. The van der Waals surface area contributed by atoms with Crippen LogP contribution in [-0.2, 0) is 0 Å². The highest BCUT2D eigenvalue weighted by Crippen LogP contribution is 2.38. The molecule has 2 aliphatic rings. The molecule has 0 aromatic carbocycles. The first-order valence-corrected chi connectivity index (χ1v) is 12.0. The van der Waals surface area contributed by atoms with Crippen LogP contribution >= 0.6 is 11.6 Å². The van der Waals surface area contributed by atoms with Crippen molar-refractivity contribution in [1.82, 2.24) is 19.9 Å². The molecule has 0 atom stereocenters. The maximum absolute atomic E-state index is 6.47. The average Bonchev–Trinajstić information content (AvgIpc) is 3.23. The SMILES string of the molecule is CN1CCC(C2CCC(N(C)c3cc(-c4c[nH]c5ncccc45)cc(Cl)n3)CC2)CC1. The van der Waals surface area contributed by atoms with Crippen molar-refractivity contribution in [2.24, 2.45) is 11.8 Å². The molecule has 1 aliphatic carbocycles. The molecule has 0 bridgehead atoms. The molecule has 1 saturated heterocycles. The minimum Gasteiger partial charge on any atom is -0.357 e. The Morgan fingerprint density at radius 3 is 2.58 bits per heavy atom. The molecule has 0 spiro atoms. The molecule has 3 aromatic rings. The van der Waals surface area contributed by atoms with Crippen molar-refractivity contribution < 1.29 is 0 Å². The van der Waals surface area contributed by atoms with Gasteiger partial charge in [-0.05, 0) is 100 Å². The van der Waals surface area contributed by atoms with E-state index in [9.17, 15) is 0 Å². The number of piperidine rings is 1. The second-order valence-corrected chi connectivity index (χ2v) is 9.85. The van der Waals surface area contributed by atoms with Crippen molar-refractivity contribution in [2.45, 2.75) is 44.6 Å². The lowest BCUT2D eigenvalue weighted by Gasteiger charge is -2.40. The summed E-state index contributed by atoms with van der Waals surface area (Å²) in [5.74, 6) is 2.79. The topological polar surface area (TPSA) is 48.0 Å². The first-order chi connectivity index (χ1) is 15.1. The van der Waals surface area contributed by atoms with Gasteiger partial charge in [-0.15, -0.1) is 0 Å². The number of H-pyrrole nitrogens is 1. The number of aromatic amines is 1. The monoisotopic (exact) mass is 437 g/mol. The van der Waals surface area contributed by atoms with Crippen LogP contribution < -0.4 is 4.90 Å². The van der Waals surface area contributed by atoms with E-state index in [0.29, 0.717) is 11.2 Å². The molecule has 6 heteroatoms. The number of likely N-dealkylation sites (tertiary alicyclic amines) is 1. The Morgan fingerprint density at radius 1 is 1.06 bits per heavy atom. The van der Waals surface area contributed by atoms with Gasteiger partial charge in [0.05, 0.1) is 0 Å². The average molecular weight is 438 g/mol. The highest BCUT2D eigenvalue weighted by Gasteiger charge is 2.31. The van der Waals surface area contributed by atoms with Crippen LogP contribution in [0, 0.1) is 11.8 Å². The quantitative estimate of drug-likeness (QED) is 0.538. The summed E-state index contributed by atoms with van der Waals surface area (Å²) in [6, 6.07) is 8.72. The van der Waals surface area contributed by atoms with Gasteiger partial charge in [-0.25, -0.2) is 9.97 Å². The molecule has 5 rings (SSSR count). The van der Waals surface area contributed by atoms with E-state index in [0.717, 1.165) is 39.8 Å². The highest BCUT2D eigenvalue weighted by molar-refractivity contribution is 6.29. The van der Waals surface area contributed by atoms with Crippen LogP contribution in [-0.4, -0.2) is 53.1 Å². The molecule has 164 valence electrons. The molecule has 1 saturated carbocycles. The van der Waals surface area contributed by atoms with Crippen LogP contribution in [0.3, 0.4) is 0 Å². The van der Waals surface area contributed by atoms with E-state index in [1.165, 1.54) is 51.6 Å². The van der Waals surface area contributed by atoms with Crippen LogP contribution in [0.2, 0.25) is 5.15 Å². The number of hydrogen-bond acceptors (Lipinski definition) is 4. The number of halogens is 1. The van der Waals surface area contributed by atoms with Gasteiger partial charge in [-0.1, -0.05) is 11.6 Å². The second-order valence-electron chi connectivity index (χ2n) is 9.46. The van der Waals surface area contributed by atoms with Crippen LogP contribution in [0.4, 0.5) is 5.82 Å². The van der Waals surface area contributed by atoms with E-state index in [-0.39, 0.29) is 0 Å². The highest BCUT2D eigenvalue weighted by atomic mass is 35.5. The lowest BCUT2D eigenvalue weighted by Crippen LogP contribution is -2.39. The minimum atomic E-state index is 0.533. The Labute approximate surface area is 189 Å². The predicted molar refractivity (Wildman–Crippen MR) is 129 cm³/mol. The number of aromatic nitrogens is 3. The van der Waals surface area contributed by atoms with Crippen molar-refractivity contribution in [3.05, 3.63) is 41.8 Å². The van der Waals surface area contributed by atoms with Crippen LogP contribution in [0.5, 0.6) is 0 Å². The molecule has 1 N–H and O–H groups in total. The van der Waals surface area contributed by atoms with Crippen molar-refractivity contribution in [3.8, 4) is 11.1 Å². The van der Waals surface area contributed by atoms with Gasteiger partial charge in [0, 0.05) is 36.4 Å². The fourth-order valence-corrected chi connectivity index (χ4v) is 5.87. The van der Waals surface area contributed by atoms with E-state index in [2.05, 4.69) is 51.0 Å². The number of nitrogens with one attached hydrogen (secondary N) is 1. The normalized spacial score (nSPS) is 23.3. The molecule has 0 amide bonds. The van der Waals surface area contributed by atoms with Gasteiger partial charge in [0.15, 0.2) is 0 Å². The zero-order chi connectivity index (χ0) is 21.4. The van der Waals surface area contributed by atoms with Crippen LogP contribution in [0.1, 0.15) is 38.5 Å². The van der Waals surface area contributed by atoms with Crippen molar-refractivity contribution >= 4 is 28.5 Å². The first-order valence-electron chi connectivity index (χ1n) is 11.6. The molecule has 31 heavy (non-hydrogen) atoms. The van der Waals surface area contributed by atoms with Gasteiger partial charge < -0.3 is 14.8 Å². The van der Waals surface area contributed by atoms with E-state index < -0.39 is 0 Å². The Balaban J connectivity index is 1.30. The number of anilines is 1. The number of nitrogens with zero attached hydrogens (tertiary/aromatic N) is 4. The number of pyridine rings is 2. The summed E-state index contributed by atoms with van der Waals surface area (Å²) in [6.07, 6.45) is 11.7. The smallest absolute Gasteiger partial charge is 0.137 e. The molecule has 0 radical (unpaired) electrons. The Kier molecular flexibility index (Phi) is 5.89. The number of rotatable bonds is 4. The van der Waals surface area contributed by atoms with Gasteiger partial charge in [0.2, 0.25) is 0 Å². The van der Waals surface area contributed by atoms with E-state index in [4.69, 9.17) is 11.6 Å². The molecule has 4 heterocycles. The minimum absolute atomic E-state index is 0.533. The maximum atomic E-state index is 6.47. The largest absolute Gasteiger partial charge is 0.357 e. The fourth-order valence-electron chi connectivity index (χ4n) is 5.66. The summed E-state index contributed by atoms with van der Waals surface area (Å²) in [4.78, 5) is 17.2. The number of fused-ring (bicyclic) bond motifs is 1. The van der Waals surface area contributed by atoms with Crippen molar-refractivity contribution in [1.29, 1.82) is 0 Å². The van der Waals surface area contributed by atoms with Crippen LogP contribution in [0.15, 0.2) is 36.7 Å². The summed E-state index contributed by atoms with van der Waals surface area (Å²) in [5.41, 5.74) is 3.10. The predicted octanol–water partition coefficient (Wildman–Crippen LogP) is 5.62. The van der Waals surface area contributed by atoms with E-state index in [1.807, 2.05) is 24.5 Å². The third-order valence-corrected chi connectivity index (χ3v) is 7.82. The van der Waals surface area contributed by atoms with E-state index in [1.54, 1.807) is 0 Å². The standard InChI is InChI=1S/C25H32ClN5/c1-30-12-9-18(10-13-30)17-5-7-20(8-6-17)31(2)24-15-19(14-23(26)29-24)22-16-28-25-21(22)4-3-11-27-25/h3-4,11,14-18,20H,5-10,12-13H2,1-2H3,(H,27,28). The van der Waals surface area contributed by atoms with Gasteiger partial charge >= 0.3 is 0 Å². The first kappa shape index (κ1) is 20.8. The molecule has 3 aromatic heterocycles. The summed E-state index contributed by atoms with van der Waals surface area (Å²) >= 11 is 6.47. The van der Waals surface area contributed by atoms with Crippen molar-refractivity contribution in [2.75, 3.05) is 32.1 Å².